The lowest BCUT2D eigenvalue weighted by molar-refractivity contribution is -0.0885. The third-order valence-electron chi connectivity index (χ3n) is 3.76. The number of carbonyl (C=O) groups excluding carboxylic acids is 1. The zero-order valence-electron chi connectivity index (χ0n) is 13.1. The molecule has 7 nitrogen and oxygen atoms in total. The number of sulfone groups is 1. The molecule has 1 amide bonds. The summed E-state index contributed by atoms with van der Waals surface area (Å²) in [6.07, 6.45) is 4.14. The first-order valence-electron chi connectivity index (χ1n) is 7.32. The molecule has 0 atom stereocenters. The van der Waals surface area contributed by atoms with Crippen LogP contribution in [0.2, 0.25) is 0 Å². The maximum absolute atomic E-state index is 12.9. The van der Waals surface area contributed by atoms with Crippen LogP contribution in [0.4, 0.5) is 14.5 Å². The second-order valence-corrected chi connectivity index (χ2v) is 7.80. The molecule has 1 N–H and O–H groups in total. The highest BCUT2D eigenvalue weighted by Crippen LogP contribution is 2.47. The van der Waals surface area contributed by atoms with Gasteiger partial charge in [-0.05, 0) is 12.1 Å². The van der Waals surface area contributed by atoms with Crippen LogP contribution in [0.3, 0.4) is 0 Å². The fourth-order valence-electron chi connectivity index (χ4n) is 2.49. The number of nitrogens with one attached hydrogen (secondary N) is 1. The maximum Gasteiger partial charge on any atom is 0.258 e. The van der Waals surface area contributed by atoms with Gasteiger partial charge in [0.2, 0.25) is 5.92 Å². The van der Waals surface area contributed by atoms with Crippen molar-refractivity contribution in [3.05, 3.63) is 42.1 Å². The summed E-state index contributed by atoms with van der Waals surface area (Å²) in [6, 6.07) is 2.90. The lowest BCUT2D eigenvalue weighted by Gasteiger charge is -2.33. The van der Waals surface area contributed by atoms with Gasteiger partial charge in [0.1, 0.15) is 5.82 Å². The van der Waals surface area contributed by atoms with Crippen LogP contribution in [0, 0.1) is 0 Å². The molecule has 2 aromatic heterocycles. The number of hydrogen-bond acceptors (Lipinski definition) is 6. The fourth-order valence-corrected chi connectivity index (χ4v) is 3.26. The molecule has 0 aliphatic heterocycles. The van der Waals surface area contributed by atoms with Crippen molar-refractivity contribution in [1.82, 2.24) is 15.0 Å². The monoisotopic (exact) mass is 368 g/mol. The molecule has 1 aliphatic carbocycles. The summed E-state index contributed by atoms with van der Waals surface area (Å²) < 4.78 is 49.1. The molecule has 0 spiro atoms. The van der Waals surface area contributed by atoms with Crippen molar-refractivity contribution in [2.45, 2.75) is 29.7 Å². The first-order valence-corrected chi connectivity index (χ1v) is 9.21. The average molecular weight is 368 g/mol. The molecular weight excluding hydrogens is 354 g/mol. The van der Waals surface area contributed by atoms with Crippen molar-refractivity contribution in [2.24, 2.45) is 0 Å². The van der Waals surface area contributed by atoms with E-state index in [0.717, 1.165) is 6.26 Å². The minimum Gasteiger partial charge on any atom is -0.319 e. The van der Waals surface area contributed by atoms with Crippen molar-refractivity contribution >= 4 is 21.4 Å². The minimum atomic E-state index is -3.61. The predicted molar refractivity (Wildman–Crippen MR) is 84.3 cm³/mol. The van der Waals surface area contributed by atoms with Gasteiger partial charge in [0.05, 0.1) is 11.3 Å². The Morgan fingerprint density at radius 2 is 1.88 bits per heavy atom. The Bertz CT molecular complexity index is 909. The largest absolute Gasteiger partial charge is 0.319 e. The van der Waals surface area contributed by atoms with E-state index in [1.165, 1.54) is 30.7 Å². The van der Waals surface area contributed by atoms with Crippen LogP contribution in [0.5, 0.6) is 0 Å². The van der Waals surface area contributed by atoms with Gasteiger partial charge in [0.25, 0.3) is 5.91 Å². The molecule has 1 saturated carbocycles. The van der Waals surface area contributed by atoms with Gasteiger partial charge in [-0.15, -0.1) is 0 Å². The molecule has 25 heavy (non-hydrogen) atoms. The molecule has 0 bridgehead atoms. The van der Waals surface area contributed by atoms with Gasteiger partial charge < -0.3 is 5.32 Å². The summed E-state index contributed by atoms with van der Waals surface area (Å²) in [5, 5.41) is 2.19. The first-order chi connectivity index (χ1) is 11.7. The van der Waals surface area contributed by atoms with Crippen LogP contribution >= 0.6 is 0 Å². The Labute approximate surface area is 142 Å². The molecule has 0 unspecified atom stereocenters. The van der Waals surface area contributed by atoms with E-state index in [2.05, 4.69) is 20.3 Å². The third kappa shape index (κ3) is 3.78. The van der Waals surface area contributed by atoms with E-state index in [9.17, 15) is 22.0 Å². The average Bonchev–Trinajstić information content (AvgIpc) is 2.52. The van der Waals surface area contributed by atoms with Crippen LogP contribution in [0.25, 0.3) is 0 Å². The topological polar surface area (TPSA) is 102 Å². The normalized spacial score (nSPS) is 16.9. The van der Waals surface area contributed by atoms with Crippen molar-refractivity contribution in [1.29, 1.82) is 0 Å². The molecule has 0 saturated heterocycles. The predicted octanol–water partition coefficient (Wildman–Crippen LogP) is 2.04. The van der Waals surface area contributed by atoms with Crippen LogP contribution in [0.1, 0.15) is 34.9 Å². The molecule has 1 fully saturated rings. The van der Waals surface area contributed by atoms with Crippen LogP contribution in [-0.4, -0.2) is 41.5 Å². The Balaban J connectivity index is 1.75. The van der Waals surface area contributed by atoms with E-state index >= 15 is 0 Å². The molecule has 2 aromatic rings. The number of anilines is 1. The number of halogens is 2. The van der Waals surface area contributed by atoms with Gasteiger partial charge in [-0.3, -0.25) is 4.79 Å². The van der Waals surface area contributed by atoms with Crippen LogP contribution < -0.4 is 5.32 Å². The van der Waals surface area contributed by atoms with Crippen molar-refractivity contribution < 1.29 is 22.0 Å². The van der Waals surface area contributed by atoms with E-state index in [1.807, 2.05) is 0 Å². The summed E-state index contributed by atoms with van der Waals surface area (Å²) in [5.41, 5.74) is 0.121. The van der Waals surface area contributed by atoms with E-state index < -0.39 is 27.6 Å². The highest BCUT2D eigenvalue weighted by molar-refractivity contribution is 7.90. The molecule has 1 aliphatic rings. The Morgan fingerprint density at radius 3 is 2.44 bits per heavy atom. The zero-order valence-corrected chi connectivity index (χ0v) is 13.9. The van der Waals surface area contributed by atoms with Crippen molar-refractivity contribution in [2.75, 3.05) is 11.6 Å². The minimum absolute atomic E-state index is 0.0395. The lowest BCUT2D eigenvalue weighted by atomic mass is 9.81. The van der Waals surface area contributed by atoms with E-state index in [-0.39, 0.29) is 34.9 Å². The van der Waals surface area contributed by atoms with Gasteiger partial charge in [-0.2, -0.15) is 0 Å². The number of hydrogen-bond donors (Lipinski definition) is 1. The summed E-state index contributed by atoms with van der Waals surface area (Å²) in [4.78, 5) is 23.9. The number of aromatic nitrogens is 3. The van der Waals surface area contributed by atoms with E-state index in [0.29, 0.717) is 0 Å². The fraction of sp³-hybridized carbons (Fsp3) is 0.333. The quantitative estimate of drug-likeness (QED) is 0.886. The van der Waals surface area contributed by atoms with Crippen molar-refractivity contribution in [3.63, 3.8) is 0 Å². The number of nitrogens with zero attached hydrogens (tertiary/aromatic N) is 3. The maximum atomic E-state index is 12.9. The zero-order chi connectivity index (χ0) is 18.2. The molecule has 0 aromatic carbocycles. The molecule has 0 radical (unpaired) electrons. The van der Waals surface area contributed by atoms with Gasteiger partial charge in [-0.1, -0.05) is 0 Å². The Kier molecular flexibility index (Phi) is 4.23. The smallest absolute Gasteiger partial charge is 0.258 e. The molecular formula is C15H14F2N4O3S. The summed E-state index contributed by atoms with van der Waals surface area (Å²) in [6.45, 7) is 0. The third-order valence-corrected chi connectivity index (χ3v) is 4.79. The number of pyridine rings is 1. The first kappa shape index (κ1) is 17.3. The Morgan fingerprint density at radius 1 is 1.24 bits per heavy atom. The van der Waals surface area contributed by atoms with Gasteiger partial charge in [0, 0.05) is 43.6 Å². The standard InChI is InChI=1S/C15H14F2N4O3S/c1-25(23,24)14-11(3-2-4-18-14)21-13(22)10-7-19-12(20-8-10)9-5-15(16,17)6-9/h2-4,7-9H,5-6H2,1H3,(H,21,22). The second-order valence-electron chi connectivity index (χ2n) is 5.87. The highest BCUT2D eigenvalue weighted by atomic mass is 32.2. The molecule has 2 heterocycles. The SMILES string of the molecule is CS(=O)(=O)c1ncccc1NC(=O)c1cnc(C2CC(F)(F)C2)nc1. The summed E-state index contributed by atoms with van der Waals surface area (Å²) in [7, 11) is -3.61. The van der Waals surface area contributed by atoms with E-state index in [4.69, 9.17) is 0 Å². The van der Waals surface area contributed by atoms with Crippen molar-refractivity contribution in [3.8, 4) is 0 Å². The van der Waals surface area contributed by atoms with Crippen LogP contribution in [-0.2, 0) is 9.84 Å². The summed E-state index contributed by atoms with van der Waals surface area (Å²) >= 11 is 0. The molecule has 132 valence electrons. The number of alkyl halides is 2. The lowest BCUT2D eigenvalue weighted by Crippen LogP contribution is -2.34. The number of carbonyl (C=O) groups is 1. The number of rotatable bonds is 4. The van der Waals surface area contributed by atoms with Gasteiger partial charge >= 0.3 is 0 Å². The second kappa shape index (κ2) is 6.10. The van der Waals surface area contributed by atoms with Gasteiger partial charge in [0.15, 0.2) is 14.9 Å². The van der Waals surface area contributed by atoms with Gasteiger partial charge in [-0.25, -0.2) is 32.2 Å². The number of amides is 1. The molecule has 3 rings (SSSR count). The summed E-state index contributed by atoms with van der Waals surface area (Å²) in [5.74, 6) is -3.45. The Hall–Kier alpha value is -2.49. The molecule has 10 heteroatoms. The van der Waals surface area contributed by atoms with E-state index in [1.54, 1.807) is 0 Å². The highest BCUT2D eigenvalue weighted by Gasteiger charge is 2.47. The van der Waals surface area contributed by atoms with Crippen LogP contribution in [0.15, 0.2) is 35.7 Å².